The number of aromatic nitrogens is 1. The SMILES string of the molecule is Cl.Fc1cccnc1OC1CCN(Cc2cccc3c2NCC3)CC1. The molecule has 0 bridgehead atoms. The van der Waals surface area contributed by atoms with E-state index in [4.69, 9.17) is 4.74 Å². The topological polar surface area (TPSA) is 37.4 Å². The minimum Gasteiger partial charge on any atom is -0.472 e. The highest BCUT2D eigenvalue weighted by molar-refractivity contribution is 5.85. The van der Waals surface area contributed by atoms with E-state index in [1.54, 1.807) is 12.3 Å². The molecule has 0 saturated carbocycles. The van der Waals surface area contributed by atoms with Crippen molar-refractivity contribution in [2.24, 2.45) is 0 Å². The zero-order chi connectivity index (χ0) is 16.4. The molecule has 0 spiro atoms. The molecule has 0 unspecified atom stereocenters. The number of fused-ring (bicyclic) bond motifs is 1. The summed E-state index contributed by atoms with van der Waals surface area (Å²) in [7, 11) is 0. The van der Waals surface area contributed by atoms with Crippen LogP contribution in [0, 0.1) is 5.82 Å². The maximum absolute atomic E-state index is 13.6. The zero-order valence-corrected chi connectivity index (χ0v) is 14.9. The van der Waals surface area contributed by atoms with Crippen LogP contribution >= 0.6 is 12.4 Å². The largest absolute Gasteiger partial charge is 0.472 e. The molecule has 1 fully saturated rings. The smallest absolute Gasteiger partial charge is 0.250 e. The second-order valence-electron chi connectivity index (χ2n) is 6.51. The van der Waals surface area contributed by atoms with Crippen LogP contribution < -0.4 is 10.1 Å². The van der Waals surface area contributed by atoms with E-state index in [1.807, 2.05) is 0 Å². The van der Waals surface area contributed by atoms with Crippen molar-refractivity contribution in [2.45, 2.75) is 31.9 Å². The van der Waals surface area contributed by atoms with Gasteiger partial charge in [-0.25, -0.2) is 9.37 Å². The first-order valence-electron chi connectivity index (χ1n) is 8.64. The predicted molar refractivity (Wildman–Crippen MR) is 99.0 cm³/mol. The van der Waals surface area contributed by atoms with E-state index in [0.717, 1.165) is 45.4 Å². The summed E-state index contributed by atoms with van der Waals surface area (Å²) in [6, 6.07) is 9.54. The van der Waals surface area contributed by atoms with Crippen molar-refractivity contribution in [3.63, 3.8) is 0 Å². The molecule has 4 nitrogen and oxygen atoms in total. The number of nitrogens with zero attached hydrogens (tertiary/aromatic N) is 2. The van der Waals surface area contributed by atoms with Crippen molar-refractivity contribution >= 4 is 18.1 Å². The van der Waals surface area contributed by atoms with Gasteiger partial charge in [0, 0.05) is 38.1 Å². The maximum atomic E-state index is 13.6. The lowest BCUT2D eigenvalue weighted by molar-refractivity contribution is 0.0897. The molecule has 0 amide bonds. The van der Waals surface area contributed by atoms with Gasteiger partial charge >= 0.3 is 0 Å². The van der Waals surface area contributed by atoms with Gasteiger partial charge in [-0.1, -0.05) is 18.2 Å². The van der Waals surface area contributed by atoms with Crippen molar-refractivity contribution in [3.05, 3.63) is 53.5 Å². The van der Waals surface area contributed by atoms with Crippen LogP contribution in [-0.2, 0) is 13.0 Å². The number of halogens is 2. The third-order valence-electron chi connectivity index (χ3n) is 4.86. The van der Waals surface area contributed by atoms with E-state index >= 15 is 0 Å². The number of likely N-dealkylation sites (tertiary alicyclic amines) is 1. The zero-order valence-electron chi connectivity index (χ0n) is 14.1. The first-order chi connectivity index (χ1) is 11.8. The number of anilines is 1. The Kier molecular flexibility index (Phi) is 5.76. The molecular formula is C19H23ClFN3O. The summed E-state index contributed by atoms with van der Waals surface area (Å²) in [4.78, 5) is 6.43. The molecule has 1 saturated heterocycles. The van der Waals surface area contributed by atoms with Gasteiger partial charge < -0.3 is 10.1 Å². The van der Waals surface area contributed by atoms with Gasteiger partial charge in [0.15, 0.2) is 5.82 Å². The highest BCUT2D eigenvalue weighted by Crippen LogP contribution is 2.28. The van der Waals surface area contributed by atoms with Crippen LogP contribution in [0.2, 0.25) is 0 Å². The van der Waals surface area contributed by atoms with E-state index in [1.165, 1.54) is 22.9 Å². The maximum Gasteiger partial charge on any atom is 0.250 e. The Balaban J connectivity index is 0.00000182. The molecule has 2 aliphatic rings. The second-order valence-corrected chi connectivity index (χ2v) is 6.51. The lowest BCUT2D eigenvalue weighted by Crippen LogP contribution is -2.38. The summed E-state index contributed by atoms with van der Waals surface area (Å²) in [5.74, 6) is -0.258. The fraction of sp³-hybridized carbons (Fsp3) is 0.421. The van der Waals surface area contributed by atoms with Gasteiger partial charge in [-0.2, -0.15) is 0 Å². The molecule has 0 radical (unpaired) electrons. The van der Waals surface area contributed by atoms with Crippen molar-refractivity contribution in [1.82, 2.24) is 9.88 Å². The van der Waals surface area contributed by atoms with Crippen LogP contribution in [0.5, 0.6) is 5.88 Å². The van der Waals surface area contributed by atoms with E-state index < -0.39 is 0 Å². The molecule has 6 heteroatoms. The summed E-state index contributed by atoms with van der Waals surface area (Å²) in [6.45, 7) is 3.92. The van der Waals surface area contributed by atoms with Crippen LogP contribution in [0.3, 0.4) is 0 Å². The monoisotopic (exact) mass is 363 g/mol. The molecular weight excluding hydrogens is 341 g/mol. The number of para-hydroxylation sites is 1. The van der Waals surface area contributed by atoms with Crippen molar-refractivity contribution in [3.8, 4) is 5.88 Å². The highest BCUT2D eigenvalue weighted by Gasteiger charge is 2.23. The van der Waals surface area contributed by atoms with Crippen molar-refractivity contribution in [2.75, 3.05) is 25.0 Å². The Morgan fingerprint density at radius 3 is 2.84 bits per heavy atom. The van der Waals surface area contributed by atoms with E-state index in [2.05, 4.69) is 33.4 Å². The number of nitrogens with one attached hydrogen (secondary N) is 1. The average Bonchev–Trinajstić information content (AvgIpc) is 3.08. The number of piperidine rings is 1. The Bertz CT molecular complexity index is 720. The fourth-order valence-electron chi connectivity index (χ4n) is 3.58. The number of ether oxygens (including phenoxy) is 1. The molecule has 25 heavy (non-hydrogen) atoms. The lowest BCUT2D eigenvalue weighted by atomic mass is 10.0. The predicted octanol–water partition coefficient (Wildman–Crippen LogP) is 3.65. The molecule has 4 rings (SSSR count). The first kappa shape index (κ1) is 18.0. The van der Waals surface area contributed by atoms with Crippen LogP contribution in [0.15, 0.2) is 36.5 Å². The quantitative estimate of drug-likeness (QED) is 0.899. The summed E-state index contributed by atoms with van der Waals surface area (Å²) >= 11 is 0. The normalized spacial score (nSPS) is 17.5. The number of rotatable bonds is 4. The van der Waals surface area contributed by atoms with Gasteiger partial charge in [-0.05, 0) is 42.5 Å². The van der Waals surface area contributed by atoms with Crippen molar-refractivity contribution in [1.29, 1.82) is 0 Å². The van der Waals surface area contributed by atoms with Gasteiger partial charge in [0.1, 0.15) is 6.10 Å². The molecule has 2 aromatic rings. The molecule has 1 aromatic carbocycles. The standard InChI is InChI=1S/C19H22FN3O.ClH/c20-17-5-2-9-22-19(17)24-16-7-11-23(12-8-16)13-15-4-1-3-14-6-10-21-18(14)15;/h1-5,9,16,21H,6-8,10-13H2;1H. The number of hydrogen-bond donors (Lipinski definition) is 1. The van der Waals surface area contributed by atoms with Gasteiger partial charge in [-0.3, -0.25) is 4.90 Å². The number of benzene rings is 1. The second kappa shape index (κ2) is 8.02. The van der Waals surface area contributed by atoms with Crippen LogP contribution in [0.1, 0.15) is 24.0 Å². The molecule has 3 heterocycles. The van der Waals surface area contributed by atoms with Crippen LogP contribution in [-0.4, -0.2) is 35.6 Å². The third-order valence-corrected chi connectivity index (χ3v) is 4.86. The fourth-order valence-corrected chi connectivity index (χ4v) is 3.58. The summed E-state index contributed by atoms with van der Waals surface area (Å²) in [5.41, 5.74) is 4.13. The molecule has 2 aliphatic heterocycles. The highest BCUT2D eigenvalue weighted by atomic mass is 35.5. The van der Waals surface area contributed by atoms with E-state index in [-0.39, 0.29) is 30.2 Å². The van der Waals surface area contributed by atoms with Crippen LogP contribution in [0.25, 0.3) is 0 Å². The van der Waals surface area contributed by atoms with E-state index in [0.29, 0.717) is 0 Å². The number of hydrogen-bond acceptors (Lipinski definition) is 4. The minimum absolute atomic E-state index is 0. The molecule has 0 aliphatic carbocycles. The van der Waals surface area contributed by atoms with Crippen molar-refractivity contribution < 1.29 is 9.13 Å². The van der Waals surface area contributed by atoms with E-state index in [9.17, 15) is 4.39 Å². The van der Waals surface area contributed by atoms with Gasteiger partial charge in [0.2, 0.25) is 0 Å². The summed E-state index contributed by atoms with van der Waals surface area (Å²) in [6.07, 6.45) is 4.53. The summed E-state index contributed by atoms with van der Waals surface area (Å²) in [5, 5.41) is 3.50. The first-order valence-corrected chi connectivity index (χ1v) is 8.64. The third kappa shape index (κ3) is 4.05. The Morgan fingerprint density at radius 1 is 1.20 bits per heavy atom. The number of pyridine rings is 1. The van der Waals surface area contributed by atoms with Crippen LogP contribution in [0.4, 0.5) is 10.1 Å². The molecule has 1 aromatic heterocycles. The molecule has 1 N–H and O–H groups in total. The van der Waals surface area contributed by atoms with Gasteiger partial charge in [0.25, 0.3) is 5.88 Å². The minimum atomic E-state index is -0.383. The molecule has 134 valence electrons. The summed E-state index contributed by atoms with van der Waals surface area (Å²) < 4.78 is 19.4. The van der Waals surface area contributed by atoms with Gasteiger partial charge in [0.05, 0.1) is 0 Å². The van der Waals surface area contributed by atoms with Gasteiger partial charge in [-0.15, -0.1) is 12.4 Å². The average molecular weight is 364 g/mol. The Hall–Kier alpha value is -1.85. The lowest BCUT2D eigenvalue weighted by Gasteiger charge is -2.32. The Morgan fingerprint density at radius 2 is 2.04 bits per heavy atom. The Labute approximate surface area is 153 Å². The molecule has 0 atom stereocenters.